The number of nitrogens with one attached hydrogen (secondary N) is 1. The first kappa shape index (κ1) is 11.7. The number of rotatable bonds is 4. The highest BCUT2D eigenvalue weighted by Gasteiger charge is 2.29. The van der Waals surface area contributed by atoms with E-state index in [0.717, 1.165) is 19.3 Å². The van der Waals surface area contributed by atoms with Gasteiger partial charge in [-0.2, -0.15) is 5.26 Å². The van der Waals surface area contributed by atoms with Gasteiger partial charge in [-0.25, -0.2) is 0 Å². The van der Waals surface area contributed by atoms with Gasteiger partial charge in [-0.15, -0.1) is 6.58 Å². The Kier molecular flexibility index (Phi) is 4.32. The summed E-state index contributed by atoms with van der Waals surface area (Å²) in [4.78, 5) is 11.6. The Morgan fingerprint density at radius 2 is 2.47 bits per heavy atom. The summed E-state index contributed by atoms with van der Waals surface area (Å²) in [6, 6.07) is 1.66. The van der Waals surface area contributed by atoms with Crippen molar-refractivity contribution in [2.45, 2.75) is 37.8 Å². The second-order valence-electron chi connectivity index (χ2n) is 3.91. The van der Waals surface area contributed by atoms with E-state index in [9.17, 15) is 4.79 Å². The Morgan fingerprint density at radius 3 is 3.07 bits per heavy atom. The lowest BCUT2D eigenvalue weighted by molar-refractivity contribution is -0.123. The van der Waals surface area contributed by atoms with Crippen LogP contribution in [0.4, 0.5) is 0 Å². The number of hydrogen-bond acceptors (Lipinski definition) is 3. The summed E-state index contributed by atoms with van der Waals surface area (Å²) in [7, 11) is 0. The molecule has 0 aromatic heterocycles. The predicted octanol–water partition coefficient (Wildman–Crippen LogP) is 0.698. The van der Waals surface area contributed by atoms with Gasteiger partial charge in [0.1, 0.15) is 0 Å². The highest BCUT2D eigenvalue weighted by atomic mass is 16.2. The molecule has 4 heteroatoms. The Bertz CT molecular complexity index is 282. The Balaban J connectivity index is 2.44. The number of nitrogens with zero attached hydrogens (tertiary/aromatic N) is 1. The molecule has 82 valence electrons. The molecule has 0 bridgehead atoms. The number of carbonyl (C=O) groups is 1. The van der Waals surface area contributed by atoms with E-state index in [2.05, 4.69) is 18.0 Å². The summed E-state index contributed by atoms with van der Waals surface area (Å²) >= 11 is 0. The Morgan fingerprint density at radius 1 is 1.73 bits per heavy atom. The van der Waals surface area contributed by atoms with E-state index in [-0.39, 0.29) is 17.9 Å². The van der Waals surface area contributed by atoms with Crippen molar-refractivity contribution in [3.8, 4) is 6.07 Å². The third kappa shape index (κ3) is 3.07. The molecule has 0 aromatic rings. The molecule has 4 nitrogen and oxygen atoms in total. The molecule has 0 saturated heterocycles. The van der Waals surface area contributed by atoms with Crippen molar-refractivity contribution in [1.29, 1.82) is 5.26 Å². The first-order valence-corrected chi connectivity index (χ1v) is 5.25. The van der Waals surface area contributed by atoms with Gasteiger partial charge in [-0.3, -0.25) is 4.79 Å². The molecule has 0 heterocycles. The van der Waals surface area contributed by atoms with Crippen LogP contribution in [0.15, 0.2) is 12.7 Å². The van der Waals surface area contributed by atoms with Crippen LogP contribution >= 0.6 is 0 Å². The minimum absolute atomic E-state index is 0.0154. The van der Waals surface area contributed by atoms with Crippen molar-refractivity contribution in [3.63, 3.8) is 0 Å². The molecule has 0 spiro atoms. The highest BCUT2D eigenvalue weighted by molar-refractivity contribution is 5.82. The largest absolute Gasteiger partial charge is 0.351 e. The molecule has 0 aliphatic heterocycles. The van der Waals surface area contributed by atoms with Gasteiger partial charge >= 0.3 is 0 Å². The molecule has 15 heavy (non-hydrogen) atoms. The second kappa shape index (κ2) is 5.52. The number of amides is 1. The maximum absolute atomic E-state index is 11.6. The minimum Gasteiger partial charge on any atom is -0.351 e. The summed E-state index contributed by atoms with van der Waals surface area (Å²) in [5, 5.41) is 11.7. The smallest absolute Gasteiger partial charge is 0.237 e. The lowest BCUT2D eigenvalue weighted by Gasteiger charge is -2.18. The van der Waals surface area contributed by atoms with Crippen LogP contribution in [0.1, 0.15) is 25.7 Å². The lowest BCUT2D eigenvalue weighted by atomic mass is 10.1. The van der Waals surface area contributed by atoms with Crippen molar-refractivity contribution in [2.75, 3.05) is 0 Å². The van der Waals surface area contributed by atoms with Gasteiger partial charge in [-0.1, -0.05) is 6.08 Å². The molecule has 3 N–H and O–H groups in total. The van der Waals surface area contributed by atoms with E-state index in [1.165, 1.54) is 0 Å². The van der Waals surface area contributed by atoms with Crippen LogP contribution in [0.5, 0.6) is 0 Å². The van der Waals surface area contributed by atoms with Gasteiger partial charge < -0.3 is 11.1 Å². The normalized spacial score (nSPS) is 26.7. The van der Waals surface area contributed by atoms with Crippen LogP contribution in [0, 0.1) is 17.2 Å². The molecular weight excluding hydrogens is 190 g/mol. The first-order valence-electron chi connectivity index (χ1n) is 5.25. The van der Waals surface area contributed by atoms with Crippen molar-refractivity contribution in [3.05, 3.63) is 12.7 Å². The first-order chi connectivity index (χ1) is 7.19. The molecule has 1 amide bonds. The molecule has 0 aromatic carbocycles. The average Bonchev–Trinajstić information content (AvgIpc) is 2.65. The van der Waals surface area contributed by atoms with Crippen LogP contribution in [-0.2, 0) is 4.79 Å². The van der Waals surface area contributed by atoms with E-state index in [1.807, 2.05) is 0 Å². The molecule has 1 saturated carbocycles. The zero-order valence-corrected chi connectivity index (χ0v) is 8.78. The number of carbonyl (C=O) groups excluding carboxylic acids is 1. The average molecular weight is 207 g/mol. The maximum Gasteiger partial charge on any atom is 0.237 e. The van der Waals surface area contributed by atoms with Gasteiger partial charge in [0.25, 0.3) is 0 Å². The van der Waals surface area contributed by atoms with Crippen LogP contribution in [-0.4, -0.2) is 18.0 Å². The van der Waals surface area contributed by atoms with Crippen molar-refractivity contribution in [2.24, 2.45) is 11.7 Å². The zero-order valence-electron chi connectivity index (χ0n) is 8.78. The molecule has 1 aliphatic carbocycles. The van der Waals surface area contributed by atoms with Gasteiger partial charge in [0.15, 0.2) is 0 Å². The molecule has 0 radical (unpaired) electrons. The van der Waals surface area contributed by atoms with E-state index >= 15 is 0 Å². The van der Waals surface area contributed by atoms with E-state index in [4.69, 9.17) is 11.0 Å². The zero-order chi connectivity index (χ0) is 11.3. The Labute approximate surface area is 90.1 Å². The number of hydrogen-bond donors (Lipinski definition) is 2. The SMILES string of the molecule is C=CCC(N)C(=O)NC1CCCC1C#N. The molecule has 3 atom stereocenters. The molecule has 1 fully saturated rings. The highest BCUT2D eigenvalue weighted by Crippen LogP contribution is 2.24. The maximum atomic E-state index is 11.6. The van der Waals surface area contributed by atoms with Gasteiger partial charge in [0, 0.05) is 6.04 Å². The predicted molar refractivity (Wildman–Crippen MR) is 57.7 cm³/mol. The van der Waals surface area contributed by atoms with Crippen molar-refractivity contribution >= 4 is 5.91 Å². The molecule has 1 rings (SSSR count). The fraction of sp³-hybridized carbons (Fsp3) is 0.636. The van der Waals surface area contributed by atoms with Gasteiger partial charge in [-0.05, 0) is 25.7 Å². The quantitative estimate of drug-likeness (QED) is 0.666. The summed E-state index contributed by atoms with van der Waals surface area (Å²) in [6.07, 6.45) is 4.85. The van der Waals surface area contributed by atoms with E-state index < -0.39 is 6.04 Å². The topological polar surface area (TPSA) is 78.9 Å². The van der Waals surface area contributed by atoms with Gasteiger partial charge in [0.2, 0.25) is 5.91 Å². The summed E-state index contributed by atoms with van der Waals surface area (Å²) in [6.45, 7) is 3.53. The summed E-state index contributed by atoms with van der Waals surface area (Å²) < 4.78 is 0. The van der Waals surface area contributed by atoms with E-state index in [1.54, 1.807) is 6.08 Å². The molecular formula is C11H17N3O. The molecule has 3 unspecified atom stereocenters. The third-order valence-corrected chi connectivity index (χ3v) is 2.77. The third-order valence-electron chi connectivity index (χ3n) is 2.77. The monoisotopic (exact) mass is 207 g/mol. The number of nitriles is 1. The van der Waals surface area contributed by atoms with Crippen molar-refractivity contribution < 1.29 is 4.79 Å². The van der Waals surface area contributed by atoms with Crippen molar-refractivity contribution in [1.82, 2.24) is 5.32 Å². The standard InChI is InChI=1S/C11H17N3O/c1-2-4-9(13)11(15)14-10-6-3-5-8(10)7-12/h2,8-10H,1,3-6,13H2,(H,14,15). The van der Waals surface area contributed by atoms with E-state index in [0.29, 0.717) is 6.42 Å². The summed E-state index contributed by atoms with van der Waals surface area (Å²) in [5.74, 6) is -0.230. The second-order valence-corrected chi connectivity index (χ2v) is 3.91. The van der Waals surface area contributed by atoms with Crippen LogP contribution < -0.4 is 11.1 Å². The lowest BCUT2D eigenvalue weighted by Crippen LogP contribution is -2.46. The number of nitrogens with two attached hydrogens (primary N) is 1. The molecule has 1 aliphatic rings. The fourth-order valence-electron chi connectivity index (χ4n) is 1.86. The van der Waals surface area contributed by atoms with Crippen LogP contribution in [0.25, 0.3) is 0 Å². The summed E-state index contributed by atoms with van der Waals surface area (Å²) in [5.41, 5.74) is 5.63. The fourth-order valence-corrected chi connectivity index (χ4v) is 1.86. The Hall–Kier alpha value is -1.34. The van der Waals surface area contributed by atoms with Crippen LogP contribution in [0.3, 0.4) is 0 Å². The van der Waals surface area contributed by atoms with Crippen LogP contribution in [0.2, 0.25) is 0 Å². The minimum atomic E-state index is -0.539. The van der Waals surface area contributed by atoms with Gasteiger partial charge in [0.05, 0.1) is 18.0 Å².